The zero-order valence-electron chi connectivity index (χ0n) is 12.1. The first kappa shape index (κ1) is 17.7. The Morgan fingerprint density at radius 2 is 1.70 bits per heavy atom. The molecule has 9 heteroatoms. The van der Waals surface area contributed by atoms with E-state index in [-0.39, 0.29) is 5.11 Å². The van der Waals surface area contributed by atoms with Crippen LogP contribution in [0.25, 0.3) is 0 Å². The van der Waals surface area contributed by atoms with Crippen LogP contribution in [-0.4, -0.2) is 61.8 Å². The highest BCUT2D eigenvalue weighted by molar-refractivity contribution is 7.80. The molecule has 1 saturated carbocycles. The van der Waals surface area contributed by atoms with Crippen molar-refractivity contribution < 1.29 is 25.2 Å². The summed E-state index contributed by atoms with van der Waals surface area (Å²) < 4.78 is 0. The van der Waals surface area contributed by atoms with E-state index in [4.69, 9.17) is 12.2 Å². The monoisotopic (exact) mass is 341 g/mol. The van der Waals surface area contributed by atoms with Crippen molar-refractivity contribution in [3.05, 3.63) is 35.9 Å². The van der Waals surface area contributed by atoms with Gasteiger partial charge in [-0.15, -0.1) is 0 Å². The van der Waals surface area contributed by atoms with Gasteiger partial charge in [-0.05, 0) is 17.8 Å². The maximum absolute atomic E-state index is 11.8. The summed E-state index contributed by atoms with van der Waals surface area (Å²) in [5, 5.41) is 41.4. The van der Waals surface area contributed by atoms with Crippen LogP contribution in [0, 0.1) is 0 Å². The van der Waals surface area contributed by atoms with Crippen LogP contribution < -0.4 is 16.2 Å². The Bertz CT molecular complexity index is 559. The van der Waals surface area contributed by atoms with Crippen molar-refractivity contribution in [1.82, 2.24) is 16.2 Å². The molecule has 0 radical (unpaired) electrons. The highest BCUT2D eigenvalue weighted by Crippen LogP contribution is 2.17. The summed E-state index contributed by atoms with van der Waals surface area (Å²) in [5.74, 6) is -0.839. The second kappa shape index (κ2) is 7.77. The molecule has 5 atom stereocenters. The molecular weight excluding hydrogens is 322 g/mol. The molecule has 1 aliphatic carbocycles. The van der Waals surface area contributed by atoms with Gasteiger partial charge in [0.15, 0.2) is 10.9 Å². The van der Waals surface area contributed by atoms with Crippen LogP contribution in [0.2, 0.25) is 0 Å². The van der Waals surface area contributed by atoms with Crippen molar-refractivity contribution in [2.24, 2.45) is 0 Å². The van der Waals surface area contributed by atoms with Crippen LogP contribution in [-0.2, 0) is 11.3 Å². The number of Topliss-reactive ketones (excluding diaryl/α,β-unsaturated/α-hetero) is 1. The third-order valence-corrected chi connectivity index (χ3v) is 3.85. The highest BCUT2D eigenvalue weighted by Gasteiger charge is 2.48. The summed E-state index contributed by atoms with van der Waals surface area (Å²) in [6.07, 6.45) is -6.73. The lowest BCUT2D eigenvalue weighted by Crippen LogP contribution is -2.68. The minimum absolute atomic E-state index is 0.170. The van der Waals surface area contributed by atoms with Crippen molar-refractivity contribution in [3.63, 3.8) is 0 Å². The number of ketones is 1. The second-order valence-corrected chi connectivity index (χ2v) is 5.64. The van der Waals surface area contributed by atoms with E-state index in [1.807, 2.05) is 30.3 Å². The van der Waals surface area contributed by atoms with Gasteiger partial charge in [-0.25, -0.2) is 5.43 Å². The van der Waals surface area contributed by atoms with E-state index in [1.165, 1.54) is 0 Å². The molecule has 0 amide bonds. The van der Waals surface area contributed by atoms with E-state index in [9.17, 15) is 25.2 Å². The average molecular weight is 341 g/mol. The first-order valence-electron chi connectivity index (χ1n) is 7.01. The molecule has 1 fully saturated rings. The lowest BCUT2D eigenvalue weighted by Gasteiger charge is -2.37. The van der Waals surface area contributed by atoms with Gasteiger partial charge in [0.2, 0.25) is 0 Å². The van der Waals surface area contributed by atoms with Crippen molar-refractivity contribution in [2.75, 3.05) is 0 Å². The van der Waals surface area contributed by atoms with E-state index in [1.54, 1.807) is 0 Å². The topological polar surface area (TPSA) is 134 Å². The van der Waals surface area contributed by atoms with Crippen LogP contribution in [0.1, 0.15) is 5.56 Å². The molecule has 0 spiro atoms. The van der Waals surface area contributed by atoms with Gasteiger partial charge in [-0.3, -0.25) is 10.2 Å². The third kappa shape index (κ3) is 4.22. The number of hydrogen-bond acceptors (Lipinski definition) is 7. The number of aliphatic hydroxyl groups is 4. The van der Waals surface area contributed by atoms with Gasteiger partial charge in [0.05, 0.1) is 0 Å². The molecule has 0 aromatic heterocycles. The molecule has 0 aliphatic heterocycles. The normalized spacial score (nSPS) is 30.8. The molecule has 8 nitrogen and oxygen atoms in total. The van der Waals surface area contributed by atoms with E-state index in [0.29, 0.717) is 6.54 Å². The second-order valence-electron chi connectivity index (χ2n) is 5.23. The molecule has 0 saturated heterocycles. The van der Waals surface area contributed by atoms with Crippen LogP contribution in [0.15, 0.2) is 30.3 Å². The van der Waals surface area contributed by atoms with Crippen molar-refractivity contribution in [1.29, 1.82) is 0 Å². The fourth-order valence-corrected chi connectivity index (χ4v) is 2.36. The standard InChI is InChI=1S/C14H19N3O5S/c18-9-8(10(19)12(21)13(22)11(9)20)16-17-14(23)15-6-7-4-2-1-3-5-7/h1-5,8-9,11-13,16,18,20-22H,6H2,(H2,15,17,23)/t8?,9-,11-,12-,13-/m1/s1. The van der Waals surface area contributed by atoms with E-state index >= 15 is 0 Å². The number of aliphatic hydroxyl groups excluding tert-OH is 4. The van der Waals surface area contributed by atoms with Gasteiger partial charge in [0.1, 0.15) is 30.5 Å². The SMILES string of the molecule is O=C1C(NNC(=S)NCc2ccccc2)[C@@H](O)[C@@H](O)[C@@H](O)[C@@H]1O. The number of thiocarbonyl (C=S) groups is 1. The molecule has 1 aliphatic rings. The van der Waals surface area contributed by atoms with Crippen molar-refractivity contribution in [2.45, 2.75) is 37.0 Å². The van der Waals surface area contributed by atoms with E-state index in [2.05, 4.69) is 16.2 Å². The molecule has 0 heterocycles. The smallest absolute Gasteiger partial charge is 0.185 e. The summed E-state index contributed by atoms with van der Waals surface area (Å²) in [6, 6.07) is 8.17. The summed E-state index contributed by atoms with van der Waals surface area (Å²) in [4.78, 5) is 11.8. The maximum Gasteiger partial charge on any atom is 0.185 e. The van der Waals surface area contributed by atoms with E-state index in [0.717, 1.165) is 5.56 Å². The fourth-order valence-electron chi connectivity index (χ4n) is 2.23. The summed E-state index contributed by atoms with van der Waals surface area (Å²) in [6.45, 7) is 0.458. The number of rotatable bonds is 4. The van der Waals surface area contributed by atoms with Crippen LogP contribution in [0.4, 0.5) is 0 Å². The van der Waals surface area contributed by atoms with Crippen LogP contribution >= 0.6 is 12.2 Å². The molecule has 23 heavy (non-hydrogen) atoms. The minimum atomic E-state index is -1.78. The van der Waals surface area contributed by atoms with Gasteiger partial charge in [0.25, 0.3) is 0 Å². The predicted octanol–water partition coefficient (Wildman–Crippen LogP) is -2.45. The Morgan fingerprint density at radius 3 is 2.35 bits per heavy atom. The van der Waals surface area contributed by atoms with Crippen LogP contribution in [0.5, 0.6) is 0 Å². The molecule has 1 unspecified atom stereocenters. The molecule has 1 aromatic carbocycles. The Labute approximate surface area is 138 Å². The minimum Gasteiger partial charge on any atom is -0.388 e. The molecule has 126 valence electrons. The molecular formula is C14H19N3O5S. The number of carbonyl (C=O) groups is 1. The van der Waals surface area contributed by atoms with Gasteiger partial charge in [-0.1, -0.05) is 30.3 Å². The van der Waals surface area contributed by atoms with Crippen molar-refractivity contribution in [3.8, 4) is 0 Å². The van der Waals surface area contributed by atoms with Gasteiger partial charge >= 0.3 is 0 Å². The predicted molar refractivity (Wildman–Crippen MR) is 85.0 cm³/mol. The number of benzene rings is 1. The van der Waals surface area contributed by atoms with Crippen molar-refractivity contribution >= 4 is 23.1 Å². The van der Waals surface area contributed by atoms with Gasteiger partial charge in [0, 0.05) is 6.54 Å². The Kier molecular flexibility index (Phi) is 5.99. The Morgan fingerprint density at radius 1 is 1.04 bits per heavy atom. The molecule has 7 N–H and O–H groups in total. The lowest BCUT2D eigenvalue weighted by molar-refractivity contribution is -0.169. The fraction of sp³-hybridized carbons (Fsp3) is 0.429. The van der Waals surface area contributed by atoms with Gasteiger partial charge < -0.3 is 25.7 Å². The Hall–Kier alpha value is -1.62. The molecule has 0 bridgehead atoms. The highest BCUT2D eigenvalue weighted by atomic mass is 32.1. The zero-order valence-corrected chi connectivity index (χ0v) is 12.9. The Balaban J connectivity index is 1.84. The summed E-state index contributed by atoms with van der Waals surface area (Å²) in [5.41, 5.74) is 5.98. The first-order chi connectivity index (χ1) is 10.9. The average Bonchev–Trinajstić information content (AvgIpc) is 2.57. The number of hydrogen-bond donors (Lipinski definition) is 7. The third-order valence-electron chi connectivity index (χ3n) is 3.60. The maximum atomic E-state index is 11.8. The summed E-state index contributed by atoms with van der Waals surface area (Å²) in [7, 11) is 0. The number of nitrogens with one attached hydrogen (secondary N) is 3. The number of hydrazine groups is 1. The first-order valence-corrected chi connectivity index (χ1v) is 7.42. The summed E-state index contributed by atoms with van der Waals surface area (Å²) >= 11 is 5.03. The zero-order chi connectivity index (χ0) is 17.0. The number of carbonyl (C=O) groups excluding carboxylic acids is 1. The molecule has 2 rings (SSSR count). The largest absolute Gasteiger partial charge is 0.388 e. The van der Waals surface area contributed by atoms with Gasteiger partial charge in [-0.2, -0.15) is 0 Å². The quantitative estimate of drug-likeness (QED) is 0.235. The van der Waals surface area contributed by atoms with Crippen LogP contribution in [0.3, 0.4) is 0 Å². The lowest BCUT2D eigenvalue weighted by atomic mass is 9.85. The van der Waals surface area contributed by atoms with E-state index < -0.39 is 36.2 Å². The molecule has 1 aromatic rings.